The van der Waals surface area contributed by atoms with Crippen LogP contribution in [0.4, 0.5) is 0 Å². The zero-order chi connectivity index (χ0) is 11.4. The fourth-order valence-electron chi connectivity index (χ4n) is 0.737. The minimum Gasteiger partial charge on any atom is -0.478 e. The fraction of sp³-hybridized carbons (Fsp3) is 0.143. The molecule has 1 heterocycles. The first-order valence-corrected chi connectivity index (χ1v) is 5.90. The van der Waals surface area contributed by atoms with E-state index in [0.29, 0.717) is 15.1 Å². The Morgan fingerprint density at radius 3 is 2.80 bits per heavy atom. The summed E-state index contributed by atoms with van der Waals surface area (Å²) < 4.78 is 6.40. The summed E-state index contributed by atoms with van der Waals surface area (Å²) >= 11 is 7.65. The van der Waals surface area contributed by atoms with Crippen LogP contribution in [0.1, 0.15) is 4.88 Å². The highest BCUT2D eigenvalue weighted by Crippen LogP contribution is 2.42. The minimum atomic E-state index is -0.715. The molecule has 0 unspecified atom stereocenters. The highest BCUT2D eigenvalue weighted by atomic mass is 79.9. The van der Waals surface area contributed by atoms with E-state index in [1.54, 1.807) is 0 Å². The first-order chi connectivity index (χ1) is 7.10. The second-order valence-electron chi connectivity index (χ2n) is 2.24. The predicted octanol–water partition coefficient (Wildman–Crippen LogP) is 1.94. The summed E-state index contributed by atoms with van der Waals surface area (Å²) in [5, 5.41) is 8.78. The number of halogens is 2. The number of nitrogens with two attached hydrogens (primary N) is 1. The Balaban J connectivity index is 2.85. The largest absolute Gasteiger partial charge is 0.478 e. The van der Waals surface area contributed by atoms with Gasteiger partial charge in [-0.3, -0.25) is 0 Å². The van der Waals surface area contributed by atoms with Crippen LogP contribution in [0.5, 0.6) is 5.75 Å². The molecule has 0 amide bonds. The molecule has 0 aliphatic rings. The third kappa shape index (κ3) is 2.92. The van der Waals surface area contributed by atoms with Crippen molar-refractivity contribution in [3.05, 3.63) is 13.1 Å². The summed E-state index contributed by atoms with van der Waals surface area (Å²) in [7, 11) is 0. The average Bonchev–Trinajstić information content (AvgIpc) is 2.52. The molecule has 0 fully saturated rings. The van der Waals surface area contributed by atoms with Crippen molar-refractivity contribution in [2.45, 2.75) is 0 Å². The van der Waals surface area contributed by atoms with Gasteiger partial charge in [-0.15, -0.1) is 11.3 Å². The van der Waals surface area contributed by atoms with Gasteiger partial charge in [-0.2, -0.15) is 11.2 Å². The topological polar surface area (TPSA) is 85.3 Å². The molecule has 0 atom stereocenters. The van der Waals surface area contributed by atoms with Crippen LogP contribution in [-0.4, -0.2) is 12.6 Å². The number of ether oxygens (including phenoxy) is 1. The summed E-state index contributed by atoms with van der Waals surface area (Å²) in [4.78, 5) is 15.0. The van der Waals surface area contributed by atoms with Gasteiger partial charge in [-0.05, 0) is 31.9 Å². The van der Waals surface area contributed by atoms with E-state index in [-0.39, 0.29) is 6.61 Å². The standard InChI is InChI=1S/C7H4Br2N2O3S/c8-5-6(13-2-4(12)14-11)3(1-10)15-7(5)9/h2,11H2. The van der Waals surface area contributed by atoms with Crippen molar-refractivity contribution in [3.63, 3.8) is 0 Å². The molecule has 15 heavy (non-hydrogen) atoms. The van der Waals surface area contributed by atoms with Gasteiger partial charge < -0.3 is 9.57 Å². The maximum atomic E-state index is 10.7. The summed E-state index contributed by atoms with van der Waals surface area (Å²) in [6.45, 7) is -0.340. The normalized spacial score (nSPS) is 9.47. The molecule has 0 aliphatic heterocycles. The second-order valence-corrected chi connectivity index (χ2v) is 5.37. The average molecular weight is 356 g/mol. The van der Waals surface area contributed by atoms with Crippen molar-refractivity contribution in [3.8, 4) is 11.8 Å². The van der Waals surface area contributed by atoms with Gasteiger partial charge in [0.2, 0.25) is 0 Å². The van der Waals surface area contributed by atoms with Gasteiger partial charge in [0.05, 0.1) is 8.26 Å². The summed E-state index contributed by atoms with van der Waals surface area (Å²) in [6.07, 6.45) is 0. The first-order valence-electron chi connectivity index (χ1n) is 3.50. The number of hydrogen-bond acceptors (Lipinski definition) is 6. The molecule has 1 aromatic heterocycles. The quantitative estimate of drug-likeness (QED) is 0.837. The van der Waals surface area contributed by atoms with Crippen molar-refractivity contribution >= 4 is 49.2 Å². The van der Waals surface area contributed by atoms with Crippen LogP contribution in [0.3, 0.4) is 0 Å². The lowest BCUT2D eigenvalue weighted by Crippen LogP contribution is -2.18. The SMILES string of the molecule is N#Cc1sc(Br)c(Br)c1OCC(=O)ON. The van der Waals surface area contributed by atoms with Gasteiger partial charge in [0.15, 0.2) is 12.4 Å². The van der Waals surface area contributed by atoms with E-state index >= 15 is 0 Å². The zero-order valence-corrected chi connectivity index (χ0v) is 11.1. The molecule has 0 spiro atoms. The van der Waals surface area contributed by atoms with E-state index in [9.17, 15) is 4.79 Å². The lowest BCUT2D eigenvalue weighted by atomic mass is 10.4. The van der Waals surface area contributed by atoms with Crippen LogP contribution in [-0.2, 0) is 9.63 Å². The Kier molecular flexibility index (Phi) is 4.53. The Morgan fingerprint density at radius 1 is 1.60 bits per heavy atom. The van der Waals surface area contributed by atoms with E-state index in [4.69, 9.17) is 10.00 Å². The molecular formula is C7H4Br2N2O3S. The van der Waals surface area contributed by atoms with Crippen LogP contribution in [0.2, 0.25) is 0 Å². The molecule has 0 aromatic carbocycles. The molecule has 0 saturated carbocycles. The van der Waals surface area contributed by atoms with E-state index in [0.717, 1.165) is 3.79 Å². The van der Waals surface area contributed by atoms with Gasteiger partial charge in [-0.25, -0.2) is 4.79 Å². The van der Waals surface area contributed by atoms with Crippen LogP contribution >= 0.6 is 43.2 Å². The molecule has 1 aromatic rings. The maximum absolute atomic E-state index is 10.7. The van der Waals surface area contributed by atoms with Crippen molar-refractivity contribution in [1.29, 1.82) is 5.26 Å². The fourth-order valence-corrected chi connectivity index (χ4v) is 2.75. The van der Waals surface area contributed by atoms with Crippen molar-refractivity contribution < 1.29 is 14.4 Å². The van der Waals surface area contributed by atoms with Gasteiger partial charge >= 0.3 is 5.97 Å². The monoisotopic (exact) mass is 354 g/mol. The summed E-state index contributed by atoms with van der Waals surface area (Å²) in [6, 6.07) is 1.95. The van der Waals surface area contributed by atoms with Gasteiger partial charge in [0.25, 0.3) is 0 Å². The third-order valence-corrected chi connectivity index (χ3v) is 4.63. The second kappa shape index (κ2) is 5.46. The molecule has 0 aliphatic carbocycles. The molecular weight excluding hydrogens is 352 g/mol. The van der Waals surface area contributed by atoms with Crippen LogP contribution < -0.4 is 10.6 Å². The predicted molar refractivity (Wildman–Crippen MR) is 60.2 cm³/mol. The molecule has 8 heteroatoms. The molecule has 2 N–H and O–H groups in total. The smallest absolute Gasteiger partial charge is 0.362 e. The summed E-state index contributed by atoms with van der Waals surface area (Å²) in [5.41, 5.74) is 0. The van der Waals surface area contributed by atoms with Gasteiger partial charge in [0, 0.05) is 0 Å². The molecule has 0 bridgehead atoms. The Hall–Kier alpha value is -0.620. The van der Waals surface area contributed by atoms with Crippen LogP contribution in [0.25, 0.3) is 0 Å². The lowest BCUT2D eigenvalue weighted by Gasteiger charge is -2.02. The van der Waals surface area contributed by atoms with Crippen molar-refractivity contribution in [2.24, 2.45) is 5.90 Å². The van der Waals surface area contributed by atoms with Crippen molar-refractivity contribution in [2.75, 3.05) is 6.61 Å². The number of rotatable bonds is 3. The molecule has 1 rings (SSSR count). The van der Waals surface area contributed by atoms with E-state index in [1.165, 1.54) is 11.3 Å². The highest BCUT2D eigenvalue weighted by molar-refractivity contribution is 9.13. The number of nitriles is 1. The van der Waals surface area contributed by atoms with E-state index in [2.05, 4.69) is 42.6 Å². The van der Waals surface area contributed by atoms with Gasteiger partial charge in [-0.1, -0.05) is 0 Å². The molecule has 5 nitrogen and oxygen atoms in total. The van der Waals surface area contributed by atoms with Crippen LogP contribution in [0, 0.1) is 11.3 Å². The van der Waals surface area contributed by atoms with Gasteiger partial charge in [0.1, 0.15) is 10.9 Å². The molecule has 0 saturated heterocycles. The third-order valence-electron chi connectivity index (χ3n) is 1.34. The minimum absolute atomic E-state index is 0.305. The number of hydrogen-bond donors (Lipinski definition) is 1. The number of thiophene rings is 1. The molecule has 0 radical (unpaired) electrons. The Labute approximate surface area is 106 Å². The number of carbonyl (C=O) groups excluding carboxylic acids is 1. The zero-order valence-electron chi connectivity index (χ0n) is 7.12. The highest BCUT2D eigenvalue weighted by Gasteiger charge is 2.17. The first kappa shape index (κ1) is 12.4. The van der Waals surface area contributed by atoms with Crippen LogP contribution in [0.15, 0.2) is 8.26 Å². The Morgan fingerprint density at radius 2 is 2.27 bits per heavy atom. The van der Waals surface area contributed by atoms with E-state index < -0.39 is 5.97 Å². The number of carbonyl (C=O) groups is 1. The van der Waals surface area contributed by atoms with Crippen molar-refractivity contribution in [1.82, 2.24) is 0 Å². The maximum Gasteiger partial charge on any atom is 0.362 e. The molecule has 80 valence electrons. The lowest BCUT2D eigenvalue weighted by molar-refractivity contribution is -0.146. The van der Waals surface area contributed by atoms with E-state index in [1.807, 2.05) is 6.07 Å². The Bertz CT molecular complexity index is 427. The number of nitrogens with zero attached hydrogens (tertiary/aromatic N) is 1. The summed E-state index contributed by atoms with van der Waals surface area (Å²) in [5.74, 6) is 4.23.